The van der Waals surface area contributed by atoms with Gasteiger partial charge < -0.3 is 4.74 Å². The highest BCUT2D eigenvalue weighted by molar-refractivity contribution is 7.90. The Hall–Kier alpha value is -3.38. The van der Waals surface area contributed by atoms with Gasteiger partial charge >= 0.3 is 0 Å². The van der Waals surface area contributed by atoms with E-state index >= 15 is 0 Å². The minimum Gasteiger partial charge on any atom is -0.496 e. The summed E-state index contributed by atoms with van der Waals surface area (Å²) < 4.78 is 34.0. The van der Waals surface area contributed by atoms with Crippen LogP contribution in [-0.4, -0.2) is 25.8 Å². The number of rotatable bonds is 5. The predicted octanol–water partition coefficient (Wildman–Crippen LogP) is 4.67. The molecule has 0 aliphatic carbocycles. The van der Waals surface area contributed by atoms with Gasteiger partial charge in [-0.2, -0.15) is 0 Å². The molecule has 0 spiro atoms. The van der Waals surface area contributed by atoms with Crippen molar-refractivity contribution in [1.82, 2.24) is 3.97 Å². The zero-order chi connectivity index (χ0) is 20.6. The summed E-state index contributed by atoms with van der Waals surface area (Å²) in [6, 6.07) is 20.7. The Morgan fingerprint density at radius 1 is 0.931 bits per heavy atom. The lowest BCUT2D eigenvalue weighted by Gasteiger charge is -2.15. The largest absolute Gasteiger partial charge is 0.496 e. The summed E-state index contributed by atoms with van der Waals surface area (Å²) in [5.41, 5.74) is 2.73. The lowest BCUT2D eigenvalue weighted by molar-refractivity contribution is 0.112. The van der Waals surface area contributed by atoms with Gasteiger partial charge in [0, 0.05) is 10.9 Å². The van der Waals surface area contributed by atoms with Crippen molar-refractivity contribution in [2.45, 2.75) is 11.8 Å². The van der Waals surface area contributed by atoms with Crippen LogP contribution in [0.5, 0.6) is 5.75 Å². The molecule has 0 fully saturated rings. The van der Waals surface area contributed by atoms with Gasteiger partial charge in [0.15, 0.2) is 6.29 Å². The van der Waals surface area contributed by atoms with Gasteiger partial charge in [-0.3, -0.25) is 4.79 Å². The number of carbonyl (C=O) groups excluding carboxylic acids is 1. The van der Waals surface area contributed by atoms with Crippen molar-refractivity contribution < 1.29 is 17.9 Å². The van der Waals surface area contributed by atoms with Crippen LogP contribution in [0.1, 0.15) is 15.9 Å². The molecule has 0 saturated heterocycles. The number of nitrogens with zero attached hydrogens (tertiary/aromatic N) is 1. The van der Waals surface area contributed by atoms with E-state index in [-0.39, 0.29) is 4.90 Å². The standard InChI is InChI=1S/C23H19NO4S/c1-16-11-12-20-18(13-16)14-21(23-17(15-25)7-6-10-22(23)28-2)24(20)29(26,27)19-8-4-3-5-9-19/h3-15H,1-2H3. The molecule has 4 rings (SSSR count). The molecule has 0 atom stereocenters. The number of aldehydes is 1. The van der Waals surface area contributed by atoms with E-state index in [9.17, 15) is 13.2 Å². The molecule has 3 aromatic carbocycles. The van der Waals surface area contributed by atoms with Gasteiger partial charge in [-0.15, -0.1) is 0 Å². The fourth-order valence-electron chi connectivity index (χ4n) is 3.53. The first kappa shape index (κ1) is 19.0. The van der Waals surface area contributed by atoms with Crippen molar-refractivity contribution in [3.05, 3.63) is 83.9 Å². The number of benzene rings is 3. The molecule has 5 nitrogen and oxygen atoms in total. The second kappa shape index (κ2) is 7.22. The van der Waals surface area contributed by atoms with Crippen LogP contribution < -0.4 is 4.74 Å². The Balaban J connectivity index is 2.15. The first-order chi connectivity index (χ1) is 14.0. The molecule has 1 aromatic heterocycles. The van der Waals surface area contributed by atoms with Gasteiger partial charge in [0.2, 0.25) is 0 Å². The van der Waals surface area contributed by atoms with Crippen molar-refractivity contribution in [2.24, 2.45) is 0 Å². The van der Waals surface area contributed by atoms with Crippen LogP contribution in [0.3, 0.4) is 0 Å². The summed E-state index contributed by atoms with van der Waals surface area (Å²) >= 11 is 0. The highest BCUT2D eigenvalue weighted by Gasteiger charge is 2.26. The third-order valence-electron chi connectivity index (χ3n) is 4.86. The van der Waals surface area contributed by atoms with Gasteiger partial charge in [-0.05, 0) is 43.3 Å². The van der Waals surface area contributed by atoms with Gasteiger partial charge in [0.05, 0.1) is 28.8 Å². The monoisotopic (exact) mass is 405 g/mol. The third-order valence-corrected chi connectivity index (χ3v) is 6.60. The number of hydrogen-bond donors (Lipinski definition) is 0. The Bertz CT molecular complexity index is 1320. The van der Waals surface area contributed by atoms with Crippen molar-refractivity contribution in [3.8, 4) is 17.0 Å². The molecular formula is C23H19NO4S. The lowest BCUT2D eigenvalue weighted by Crippen LogP contribution is -2.14. The number of hydrogen-bond acceptors (Lipinski definition) is 4. The van der Waals surface area contributed by atoms with Gasteiger partial charge in [0.25, 0.3) is 10.0 Å². The van der Waals surface area contributed by atoms with E-state index in [1.807, 2.05) is 19.1 Å². The van der Waals surface area contributed by atoms with Crippen molar-refractivity contribution >= 4 is 27.2 Å². The van der Waals surface area contributed by atoms with Crippen LogP contribution in [0.4, 0.5) is 0 Å². The number of ether oxygens (including phenoxy) is 1. The molecule has 0 unspecified atom stereocenters. The first-order valence-electron chi connectivity index (χ1n) is 9.02. The normalized spacial score (nSPS) is 11.5. The van der Waals surface area contributed by atoms with Crippen molar-refractivity contribution in [3.63, 3.8) is 0 Å². The third kappa shape index (κ3) is 3.11. The minimum atomic E-state index is -3.92. The Morgan fingerprint density at radius 3 is 2.38 bits per heavy atom. The Morgan fingerprint density at radius 2 is 1.69 bits per heavy atom. The van der Waals surface area contributed by atoms with Crippen LogP contribution in [0.2, 0.25) is 0 Å². The van der Waals surface area contributed by atoms with E-state index in [1.165, 1.54) is 11.1 Å². The maximum Gasteiger partial charge on any atom is 0.268 e. The molecule has 0 aliphatic heterocycles. The van der Waals surface area contributed by atoms with Crippen LogP contribution in [0, 0.1) is 6.92 Å². The maximum absolute atomic E-state index is 13.6. The summed E-state index contributed by atoms with van der Waals surface area (Å²) in [6.45, 7) is 1.95. The molecule has 4 aromatic rings. The fourth-order valence-corrected chi connectivity index (χ4v) is 5.07. The zero-order valence-corrected chi connectivity index (χ0v) is 16.8. The lowest BCUT2D eigenvalue weighted by atomic mass is 10.0. The van der Waals surface area contributed by atoms with E-state index in [2.05, 4.69) is 0 Å². The molecule has 1 heterocycles. The molecule has 0 N–H and O–H groups in total. The molecule has 146 valence electrons. The quantitative estimate of drug-likeness (QED) is 0.453. The number of aryl methyl sites for hydroxylation is 1. The van der Waals surface area contributed by atoms with Crippen LogP contribution >= 0.6 is 0 Å². The van der Waals surface area contributed by atoms with Gasteiger partial charge in [-0.25, -0.2) is 12.4 Å². The minimum absolute atomic E-state index is 0.168. The highest BCUT2D eigenvalue weighted by Crippen LogP contribution is 2.38. The molecule has 29 heavy (non-hydrogen) atoms. The molecule has 0 aliphatic rings. The first-order valence-corrected chi connectivity index (χ1v) is 10.5. The number of fused-ring (bicyclic) bond motifs is 1. The van der Waals surface area contributed by atoms with Crippen LogP contribution in [0.15, 0.2) is 77.7 Å². The molecule has 0 bridgehead atoms. The molecule has 6 heteroatoms. The van der Waals surface area contributed by atoms with E-state index < -0.39 is 10.0 Å². The number of aromatic nitrogens is 1. The molecular weight excluding hydrogens is 386 g/mol. The summed E-state index contributed by atoms with van der Waals surface area (Å²) in [7, 11) is -2.42. The SMILES string of the molecule is COc1cccc(C=O)c1-c1cc2cc(C)ccc2n1S(=O)(=O)c1ccccc1. The topological polar surface area (TPSA) is 65.4 Å². The van der Waals surface area contributed by atoms with Crippen LogP contribution in [-0.2, 0) is 10.0 Å². The van der Waals surface area contributed by atoms with Crippen molar-refractivity contribution in [2.75, 3.05) is 7.11 Å². The fraction of sp³-hybridized carbons (Fsp3) is 0.0870. The molecule has 0 radical (unpaired) electrons. The average molecular weight is 405 g/mol. The second-order valence-corrected chi connectivity index (χ2v) is 8.50. The average Bonchev–Trinajstić information content (AvgIpc) is 3.12. The van der Waals surface area contributed by atoms with E-state index in [4.69, 9.17) is 4.74 Å². The number of carbonyl (C=O) groups is 1. The van der Waals surface area contributed by atoms with E-state index in [1.54, 1.807) is 60.7 Å². The van der Waals surface area contributed by atoms with E-state index in [0.29, 0.717) is 34.4 Å². The van der Waals surface area contributed by atoms with Gasteiger partial charge in [0.1, 0.15) is 5.75 Å². The second-order valence-electron chi connectivity index (χ2n) is 6.72. The van der Waals surface area contributed by atoms with E-state index in [0.717, 1.165) is 10.9 Å². The Kier molecular flexibility index (Phi) is 4.72. The summed E-state index contributed by atoms with van der Waals surface area (Å²) in [6.07, 6.45) is 0.709. The summed E-state index contributed by atoms with van der Waals surface area (Å²) in [4.78, 5) is 11.9. The predicted molar refractivity (Wildman–Crippen MR) is 113 cm³/mol. The maximum atomic E-state index is 13.6. The summed E-state index contributed by atoms with van der Waals surface area (Å²) in [5.74, 6) is 0.429. The zero-order valence-electron chi connectivity index (χ0n) is 16.0. The molecule has 0 amide bonds. The smallest absolute Gasteiger partial charge is 0.268 e. The van der Waals surface area contributed by atoms with Crippen molar-refractivity contribution in [1.29, 1.82) is 0 Å². The highest BCUT2D eigenvalue weighted by atomic mass is 32.2. The molecule has 0 saturated carbocycles. The van der Waals surface area contributed by atoms with Gasteiger partial charge in [-0.1, -0.05) is 42.0 Å². The summed E-state index contributed by atoms with van der Waals surface area (Å²) in [5, 5.41) is 0.766. The van der Waals surface area contributed by atoms with Crippen LogP contribution in [0.25, 0.3) is 22.2 Å². The Labute approximate surface area is 169 Å². The number of methoxy groups -OCH3 is 1.